The second-order valence-electron chi connectivity index (χ2n) is 11.8. The van der Waals surface area contributed by atoms with E-state index in [1.54, 1.807) is 0 Å². The standard InChI is InChI=1S/C35H56NO3/c1-4-5-6-7-8-9-10-11-13-20-32-24-26-34(27-25-32)38-29-18-19-30-39-35(37)23-16-17-28-36(2,3)31-33-21-14-12-15-22-33/h12,14-15,21-22,24-27H,4-11,13,16-20,23,28-31H2,1-3H3/q+1. The number of carbonyl (C=O) groups excluding carboxylic acids is 1. The van der Waals surface area contributed by atoms with Crippen molar-refractivity contribution in [2.24, 2.45) is 0 Å². The van der Waals surface area contributed by atoms with Gasteiger partial charge in [-0.3, -0.25) is 4.79 Å². The SMILES string of the molecule is CCCCCCCCCCCc1ccc(OCCCCOC(=O)CCCC[N+](C)(C)Cc2ccccc2)cc1. The van der Waals surface area contributed by atoms with E-state index in [-0.39, 0.29) is 5.97 Å². The molecule has 0 aliphatic carbocycles. The maximum absolute atomic E-state index is 12.1. The van der Waals surface area contributed by atoms with Gasteiger partial charge in [0.25, 0.3) is 0 Å². The third-order valence-electron chi connectivity index (χ3n) is 7.41. The smallest absolute Gasteiger partial charge is 0.305 e. The lowest BCUT2D eigenvalue weighted by Crippen LogP contribution is -2.39. The second-order valence-corrected chi connectivity index (χ2v) is 11.8. The molecule has 218 valence electrons. The Morgan fingerprint density at radius 1 is 0.667 bits per heavy atom. The van der Waals surface area contributed by atoms with E-state index in [1.807, 2.05) is 0 Å². The highest BCUT2D eigenvalue weighted by Crippen LogP contribution is 2.16. The van der Waals surface area contributed by atoms with Crippen LogP contribution in [0.3, 0.4) is 0 Å². The lowest BCUT2D eigenvalue weighted by atomic mass is 10.0. The topological polar surface area (TPSA) is 35.5 Å². The van der Waals surface area contributed by atoms with Crippen molar-refractivity contribution in [2.45, 2.75) is 110 Å². The first-order valence-corrected chi connectivity index (χ1v) is 15.7. The number of benzene rings is 2. The second kappa shape index (κ2) is 20.6. The number of unbranched alkanes of at least 4 members (excludes halogenated alkanes) is 10. The zero-order valence-corrected chi connectivity index (χ0v) is 25.3. The zero-order valence-electron chi connectivity index (χ0n) is 25.3. The summed E-state index contributed by atoms with van der Waals surface area (Å²) in [4.78, 5) is 12.1. The van der Waals surface area contributed by atoms with Crippen LogP contribution in [0.25, 0.3) is 0 Å². The van der Waals surface area contributed by atoms with Gasteiger partial charge in [0, 0.05) is 12.0 Å². The van der Waals surface area contributed by atoms with Crippen LogP contribution in [0.15, 0.2) is 54.6 Å². The van der Waals surface area contributed by atoms with Crippen LogP contribution in [0.4, 0.5) is 0 Å². The molecular weight excluding hydrogens is 482 g/mol. The van der Waals surface area contributed by atoms with Gasteiger partial charge in [0.1, 0.15) is 12.3 Å². The van der Waals surface area contributed by atoms with E-state index in [1.165, 1.54) is 68.9 Å². The van der Waals surface area contributed by atoms with Gasteiger partial charge < -0.3 is 14.0 Å². The molecule has 0 fully saturated rings. The molecule has 0 atom stereocenters. The number of rotatable bonds is 23. The van der Waals surface area contributed by atoms with Crippen LogP contribution < -0.4 is 4.74 Å². The van der Waals surface area contributed by atoms with Crippen molar-refractivity contribution in [3.63, 3.8) is 0 Å². The number of aryl methyl sites for hydroxylation is 1. The van der Waals surface area contributed by atoms with Crippen molar-refractivity contribution in [1.82, 2.24) is 0 Å². The van der Waals surface area contributed by atoms with Gasteiger partial charge in [0.05, 0.1) is 33.9 Å². The van der Waals surface area contributed by atoms with Gasteiger partial charge in [-0.15, -0.1) is 0 Å². The van der Waals surface area contributed by atoms with Crippen LogP contribution in [0, 0.1) is 0 Å². The molecule has 2 aromatic rings. The first kappa shape index (κ1) is 32.9. The van der Waals surface area contributed by atoms with E-state index in [9.17, 15) is 4.79 Å². The average Bonchev–Trinajstić information content (AvgIpc) is 2.93. The largest absolute Gasteiger partial charge is 0.494 e. The highest BCUT2D eigenvalue weighted by Gasteiger charge is 2.15. The predicted octanol–water partition coefficient (Wildman–Crippen LogP) is 8.91. The van der Waals surface area contributed by atoms with Crippen LogP contribution in [-0.2, 0) is 22.5 Å². The van der Waals surface area contributed by atoms with Crippen molar-refractivity contribution in [3.8, 4) is 5.75 Å². The molecule has 0 aromatic heterocycles. The van der Waals surface area contributed by atoms with Crippen molar-refractivity contribution in [3.05, 3.63) is 65.7 Å². The van der Waals surface area contributed by atoms with Gasteiger partial charge in [-0.05, 0) is 56.2 Å². The summed E-state index contributed by atoms with van der Waals surface area (Å²) in [7, 11) is 4.50. The van der Waals surface area contributed by atoms with Gasteiger partial charge in [0.2, 0.25) is 0 Å². The minimum absolute atomic E-state index is 0.0770. The molecule has 0 spiro atoms. The average molecular weight is 539 g/mol. The molecular formula is C35H56NO3+. The number of carbonyl (C=O) groups is 1. The summed E-state index contributed by atoms with van der Waals surface area (Å²) >= 11 is 0. The highest BCUT2D eigenvalue weighted by atomic mass is 16.5. The van der Waals surface area contributed by atoms with Gasteiger partial charge in [-0.1, -0.05) is 101 Å². The lowest BCUT2D eigenvalue weighted by Gasteiger charge is -2.30. The molecule has 0 aliphatic heterocycles. The third kappa shape index (κ3) is 17.1. The fraction of sp³-hybridized carbons (Fsp3) is 0.629. The molecule has 0 saturated carbocycles. The monoisotopic (exact) mass is 538 g/mol. The Balaban J connectivity index is 1.42. The maximum Gasteiger partial charge on any atom is 0.305 e. The van der Waals surface area contributed by atoms with Crippen LogP contribution in [0.1, 0.15) is 108 Å². The Morgan fingerprint density at radius 3 is 2.00 bits per heavy atom. The van der Waals surface area contributed by atoms with E-state index in [4.69, 9.17) is 9.47 Å². The highest BCUT2D eigenvalue weighted by molar-refractivity contribution is 5.69. The lowest BCUT2D eigenvalue weighted by molar-refractivity contribution is -0.903. The number of esters is 1. The molecule has 0 heterocycles. The summed E-state index contributed by atoms with van der Waals surface area (Å²) in [5.74, 6) is 0.850. The quantitative estimate of drug-likeness (QED) is 0.0805. The van der Waals surface area contributed by atoms with E-state index in [0.717, 1.165) is 55.4 Å². The fourth-order valence-electron chi connectivity index (χ4n) is 5.01. The van der Waals surface area contributed by atoms with E-state index in [2.05, 4.69) is 75.6 Å². The van der Waals surface area contributed by atoms with Crippen LogP contribution in [-0.4, -0.2) is 44.3 Å². The van der Waals surface area contributed by atoms with Crippen LogP contribution in [0.5, 0.6) is 5.75 Å². The van der Waals surface area contributed by atoms with Crippen molar-refractivity contribution in [1.29, 1.82) is 0 Å². The summed E-state index contributed by atoms with van der Waals surface area (Å²) in [6.45, 7) is 5.48. The molecule has 39 heavy (non-hydrogen) atoms. The molecule has 4 nitrogen and oxygen atoms in total. The number of nitrogens with zero attached hydrogens (tertiary/aromatic N) is 1. The van der Waals surface area contributed by atoms with Crippen LogP contribution >= 0.6 is 0 Å². The van der Waals surface area contributed by atoms with E-state index < -0.39 is 0 Å². The summed E-state index contributed by atoms with van der Waals surface area (Å²) in [5.41, 5.74) is 2.75. The number of hydrogen-bond acceptors (Lipinski definition) is 3. The molecule has 0 saturated heterocycles. The van der Waals surface area contributed by atoms with Gasteiger partial charge >= 0.3 is 5.97 Å². The molecule has 0 amide bonds. The van der Waals surface area contributed by atoms with E-state index >= 15 is 0 Å². The predicted molar refractivity (Wildman–Crippen MR) is 164 cm³/mol. The third-order valence-corrected chi connectivity index (χ3v) is 7.41. The molecule has 0 unspecified atom stereocenters. The fourth-order valence-corrected chi connectivity index (χ4v) is 5.01. The molecule has 4 heteroatoms. The Labute approximate surface area is 239 Å². The van der Waals surface area contributed by atoms with E-state index in [0.29, 0.717) is 19.6 Å². The van der Waals surface area contributed by atoms with Gasteiger partial charge in [0.15, 0.2) is 0 Å². The van der Waals surface area contributed by atoms with Gasteiger partial charge in [-0.25, -0.2) is 0 Å². The van der Waals surface area contributed by atoms with Crippen molar-refractivity contribution < 1.29 is 18.8 Å². The summed E-state index contributed by atoms with van der Waals surface area (Å²) < 4.78 is 12.2. The molecule has 0 aliphatic rings. The zero-order chi connectivity index (χ0) is 28.0. The Kier molecular flexibility index (Phi) is 17.3. The number of hydrogen-bond donors (Lipinski definition) is 0. The summed E-state index contributed by atoms with van der Waals surface area (Å²) in [6, 6.07) is 19.2. The normalized spacial score (nSPS) is 11.5. The first-order chi connectivity index (χ1) is 19.0. The van der Waals surface area contributed by atoms with Crippen LogP contribution in [0.2, 0.25) is 0 Å². The molecule has 0 radical (unpaired) electrons. The molecule has 2 rings (SSSR count). The minimum Gasteiger partial charge on any atom is -0.494 e. The van der Waals surface area contributed by atoms with Crippen molar-refractivity contribution in [2.75, 3.05) is 33.9 Å². The Morgan fingerprint density at radius 2 is 1.31 bits per heavy atom. The maximum atomic E-state index is 12.1. The Bertz CT molecular complexity index is 863. The summed E-state index contributed by atoms with van der Waals surface area (Å²) in [5, 5.41) is 0. The number of ether oxygens (including phenoxy) is 2. The molecule has 0 N–H and O–H groups in total. The summed E-state index contributed by atoms with van der Waals surface area (Å²) in [6.07, 6.45) is 17.6. The first-order valence-electron chi connectivity index (χ1n) is 15.7. The minimum atomic E-state index is -0.0770. The molecule has 0 bridgehead atoms. The van der Waals surface area contributed by atoms with Crippen molar-refractivity contribution >= 4 is 5.97 Å². The van der Waals surface area contributed by atoms with Gasteiger partial charge in [-0.2, -0.15) is 0 Å². The molecule has 2 aromatic carbocycles. The number of quaternary nitrogens is 1. The Hall–Kier alpha value is -2.33.